The molecule has 130 valence electrons. The number of anilines is 1. The first-order valence-electron chi connectivity index (χ1n) is 8.38. The zero-order valence-corrected chi connectivity index (χ0v) is 14.5. The summed E-state index contributed by atoms with van der Waals surface area (Å²) in [4.78, 5) is 23.1. The monoisotopic (exact) mass is 339 g/mol. The summed E-state index contributed by atoms with van der Waals surface area (Å²) < 4.78 is 5.37. The molecule has 1 unspecified atom stereocenters. The Labute approximate surface area is 146 Å². The van der Waals surface area contributed by atoms with E-state index < -0.39 is 0 Å². The van der Waals surface area contributed by atoms with Crippen molar-refractivity contribution in [1.29, 1.82) is 5.26 Å². The lowest BCUT2D eigenvalue weighted by Gasteiger charge is -2.33. The third kappa shape index (κ3) is 3.97. The Hall–Kier alpha value is -2.88. The molecule has 2 aromatic rings. The van der Waals surface area contributed by atoms with Crippen molar-refractivity contribution in [3.05, 3.63) is 41.2 Å². The third-order valence-electron chi connectivity index (χ3n) is 4.31. The van der Waals surface area contributed by atoms with E-state index in [1.54, 1.807) is 12.3 Å². The minimum atomic E-state index is -0.140. The molecule has 1 aliphatic heterocycles. The van der Waals surface area contributed by atoms with E-state index in [4.69, 9.17) is 4.42 Å². The van der Waals surface area contributed by atoms with Crippen molar-refractivity contribution in [3.8, 4) is 6.07 Å². The number of carbonyl (C=O) groups excluding carboxylic acids is 1. The second kappa shape index (κ2) is 7.34. The number of aromatic nitrogens is 2. The molecule has 1 fully saturated rings. The van der Waals surface area contributed by atoms with Crippen LogP contribution in [0.3, 0.4) is 0 Å². The molecule has 7 heteroatoms. The van der Waals surface area contributed by atoms with Gasteiger partial charge in [-0.25, -0.2) is 9.97 Å². The first-order valence-corrected chi connectivity index (χ1v) is 8.38. The molecule has 1 saturated heterocycles. The van der Waals surface area contributed by atoms with Crippen LogP contribution in [0.5, 0.6) is 0 Å². The molecule has 25 heavy (non-hydrogen) atoms. The van der Waals surface area contributed by atoms with Crippen molar-refractivity contribution >= 4 is 11.7 Å². The zero-order chi connectivity index (χ0) is 17.8. The number of oxazole rings is 1. The van der Waals surface area contributed by atoms with Crippen molar-refractivity contribution < 1.29 is 9.21 Å². The second-order valence-corrected chi connectivity index (χ2v) is 6.30. The molecule has 1 aliphatic rings. The lowest BCUT2D eigenvalue weighted by Crippen LogP contribution is -2.43. The number of pyridine rings is 1. The highest BCUT2D eigenvalue weighted by atomic mass is 16.4. The van der Waals surface area contributed by atoms with E-state index in [9.17, 15) is 10.1 Å². The summed E-state index contributed by atoms with van der Waals surface area (Å²) in [6.45, 7) is 5.36. The van der Waals surface area contributed by atoms with Crippen LogP contribution < -0.4 is 10.2 Å². The highest BCUT2D eigenvalue weighted by Crippen LogP contribution is 2.25. The smallest absolute Gasteiger partial charge is 0.225 e. The molecule has 2 aromatic heterocycles. The predicted molar refractivity (Wildman–Crippen MR) is 91.7 cm³/mol. The standard InChI is InChI=1S/C18H21N5O2/c1-12-5-6-14(8-19)17(22-12)23-7-3-4-15(11-23)18(24)21-10-16-20-9-13(2)25-16/h5-6,9,15H,3-4,7,10-11H2,1-2H3,(H,21,24). The van der Waals surface area contributed by atoms with Gasteiger partial charge in [-0.15, -0.1) is 0 Å². The summed E-state index contributed by atoms with van der Waals surface area (Å²) >= 11 is 0. The van der Waals surface area contributed by atoms with Crippen LogP contribution in [0.1, 0.15) is 35.7 Å². The Morgan fingerprint density at radius 1 is 1.48 bits per heavy atom. The van der Waals surface area contributed by atoms with Gasteiger partial charge < -0.3 is 14.6 Å². The number of rotatable bonds is 4. The SMILES string of the molecule is Cc1ccc(C#N)c(N2CCCC(C(=O)NCc3ncc(C)o3)C2)n1. The van der Waals surface area contributed by atoms with E-state index in [-0.39, 0.29) is 18.4 Å². The van der Waals surface area contributed by atoms with Crippen molar-refractivity contribution in [3.63, 3.8) is 0 Å². The number of piperidine rings is 1. The fourth-order valence-corrected chi connectivity index (χ4v) is 3.05. The molecule has 1 amide bonds. The molecule has 1 atom stereocenters. The number of nitrogens with zero attached hydrogens (tertiary/aromatic N) is 4. The molecule has 0 saturated carbocycles. The fraction of sp³-hybridized carbons (Fsp3) is 0.444. The maximum atomic E-state index is 12.5. The Balaban J connectivity index is 1.65. The highest BCUT2D eigenvalue weighted by Gasteiger charge is 2.27. The van der Waals surface area contributed by atoms with Crippen LogP contribution in [0.25, 0.3) is 0 Å². The van der Waals surface area contributed by atoms with Crippen molar-refractivity contribution in [2.45, 2.75) is 33.2 Å². The number of nitriles is 1. The Kier molecular flexibility index (Phi) is 4.98. The van der Waals surface area contributed by atoms with Gasteiger partial charge in [-0.05, 0) is 38.8 Å². The van der Waals surface area contributed by atoms with Crippen molar-refractivity contribution in [2.75, 3.05) is 18.0 Å². The van der Waals surface area contributed by atoms with E-state index in [0.29, 0.717) is 23.8 Å². The van der Waals surface area contributed by atoms with E-state index >= 15 is 0 Å². The molecule has 3 rings (SSSR count). The summed E-state index contributed by atoms with van der Waals surface area (Å²) in [5, 5.41) is 12.2. The van der Waals surface area contributed by atoms with Crippen LogP contribution in [0.4, 0.5) is 5.82 Å². The molecule has 0 spiro atoms. The first kappa shape index (κ1) is 17.0. The van der Waals surface area contributed by atoms with Gasteiger partial charge in [-0.1, -0.05) is 0 Å². The van der Waals surface area contributed by atoms with Crippen LogP contribution in [0.2, 0.25) is 0 Å². The number of amides is 1. The van der Waals surface area contributed by atoms with Gasteiger partial charge in [0.2, 0.25) is 11.8 Å². The molecule has 0 radical (unpaired) electrons. The molecule has 0 aromatic carbocycles. The fourth-order valence-electron chi connectivity index (χ4n) is 3.05. The highest BCUT2D eigenvalue weighted by molar-refractivity contribution is 5.79. The summed E-state index contributed by atoms with van der Waals surface area (Å²) in [6.07, 6.45) is 3.34. The van der Waals surface area contributed by atoms with Gasteiger partial charge in [-0.2, -0.15) is 5.26 Å². The van der Waals surface area contributed by atoms with Gasteiger partial charge in [0, 0.05) is 18.8 Å². The number of aryl methyl sites for hydroxylation is 2. The second-order valence-electron chi connectivity index (χ2n) is 6.30. The number of nitrogens with one attached hydrogen (secondary N) is 1. The van der Waals surface area contributed by atoms with Crippen molar-refractivity contribution in [1.82, 2.24) is 15.3 Å². The van der Waals surface area contributed by atoms with E-state index in [0.717, 1.165) is 30.8 Å². The molecule has 0 aliphatic carbocycles. The van der Waals surface area contributed by atoms with Crippen LogP contribution in [-0.2, 0) is 11.3 Å². The Morgan fingerprint density at radius 2 is 2.32 bits per heavy atom. The normalized spacial score (nSPS) is 17.2. The average Bonchev–Trinajstić information content (AvgIpc) is 3.05. The van der Waals surface area contributed by atoms with Crippen LogP contribution in [-0.4, -0.2) is 29.0 Å². The van der Waals surface area contributed by atoms with Gasteiger partial charge in [0.1, 0.15) is 17.6 Å². The van der Waals surface area contributed by atoms with Gasteiger partial charge >= 0.3 is 0 Å². The number of carbonyl (C=O) groups is 1. The molecular formula is C18H21N5O2. The zero-order valence-electron chi connectivity index (χ0n) is 14.5. The lowest BCUT2D eigenvalue weighted by molar-refractivity contribution is -0.125. The molecule has 0 bridgehead atoms. The van der Waals surface area contributed by atoms with Gasteiger partial charge in [0.25, 0.3) is 0 Å². The minimum absolute atomic E-state index is 0.0216. The lowest BCUT2D eigenvalue weighted by atomic mass is 9.96. The van der Waals surface area contributed by atoms with E-state index in [2.05, 4.69) is 21.4 Å². The van der Waals surface area contributed by atoms with Gasteiger partial charge in [0.05, 0.1) is 24.2 Å². The predicted octanol–water partition coefficient (Wildman–Crippen LogP) is 2.09. The molecule has 1 N–H and O–H groups in total. The minimum Gasteiger partial charge on any atom is -0.444 e. The largest absolute Gasteiger partial charge is 0.444 e. The van der Waals surface area contributed by atoms with Crippen LogP contribution >= 0.6 is 0 Å². The molecular weight excluding hydrogens is 318 g/mol. The van der Waals surface area contributed by atoms with Crippen LogP contribution in [0, 0.1) is 31.1 Å². The Bertz CT molecular complexity index is 808. The first-order chi connectivity index (χ1) is 12.1. The summed E-state index contributed by atoms with van der Waals surface area (Å²) in [7, 11) is 0. The molecule has 3 heterocycles. The number of hydrogen-bond donors (Lipinski definition) is 1. The van der Waals surface area contributed by atoms with Gasteiger partial charge in [0.15, 0.2) is 0 Å². The van der Waals surface area contributed by atoms with Crippen LogP contribution in [0.15, 0.2) is 22.7 Å². The summed E-state index contributed by atoms with van der Waals surface area (Å²) in [5.74, 6) is 1.74. The summed E-state index contributed by atoms with van der Waals surface area (Å²) in [5.41, 5.74) is 1.40. The maximum absolute atomic E-state index is 12.5. The van der Waals surface area contributed by atoms with E-state index in [1.807, 2.05) is 24.8 Å². The summed E-state index contributed by atoms with van der Waals surface area (Å²) in [6, 6.07) is 5.80. The van der Waals surface area contributed by atoms with Gasteiger partial charge in [-0.3, -0.25) is 4.79 Å². The third-order valence-corrected chi connectivity index (χ3v) is 4.31. The average molecular weight is 339 g/mol. The van der Waals surface area contributed by atoms with E-state index in [1.165, 1.54) is 0 Å². The maximum Gasteiger partial charge on any atom is 0.225 e. The molecule has 7 nitrogen and oxygen atoms in total. The van der Waals surface area contributed by atoms with Crippen molar-refractivity contribution in [2.24, 2.45) is 5.92 Å². The quantitative estimate of drug-likeness (QED) is 0.916. The topological polar surface area (TPSA) is 95.1 Å². The Morgan fingerprint density at radius 3 is 3.04 bits per heavy atom. The number of hydrogen-bond acceptors (Lipinski definition) is 6.